The third-order valence-corrected chi connectivity index (χ3v) is 7.28. The molecule has 2 N–H and O–H groups in total. The quantitative estimate of drug-likeness (QED) is 0.0704. The van der Waals surface area contributed by atoms with E-state index >= 15 is 0 Å². The van der Waals surface area contributed by atoms with E-state index in [4.69, 9.17) is 16.3 Å². The molecule has 1 amide bonds. The summed E-state index contributed by atoms with van der Waals surface area (Å²) < 4.78 is 6.98. The third kappa shape index (κ3) is 9.32. The van der Waals surface area contributed by atoms with Gasteiger partial charge in [-0.05, 0) is 54.5 Å². The van der Waals surface area contributed by atoms with Crippen molar-refractivity contribution < 1.29 is 24.3 Å². The van der Waals surface area contributed by atoms with Crippen molar-refractivity contribution >= 4 is 23.5 Å². The highest BCUT2D eigenvalue weighted by Crippen LogP contribution is 2.30. The first kappa shape index (κ1) is 33.1. The lowest BCUT2D eigenvalue weighted by molar-refractivity contribution is -0.767. The molecule has 4 rings (SSSR count). The Labute approximate surface area is 264 Å². The van der Waals surface area contributed by atoms with Gasteiger partial charge in [0.05, 0.1) is 6.61 Å². The van der Waals surface area contributed by atoms with Crippen LogP contribution in [0, 0.1) is 10.1 Å². The van der Waals surface area contributed by atoms with E-state index in [1.54, 1.807) is 11.5 Å². The van der Waals surface area contributed by atoms with Crippen LogP contribution in [0.25, 0.3) is 22.5 Å². The van der Waals surface area contributed by atoms with Crippen LogP contribution < -0.4 is 5.32 Å². The number of benzene rings is 2. The SMILES string of the molecule is CCCCc1nc(Cl)c(C(=O)NCC(=O)OCCCCC(C)O[N+](=O)[O-])n1Cc1ccc(-c2ccccc2-c2nn[nH]n2)cc1. The fraction of sp³-hybridized carbons (Fsp3) is 0.400. The van der Waals surface area contributed by atoms with Crippen molar-refractivity contribution in [1.29, 1.82) is 0 Å². The molecule has 0 aliphatic heterocycles. The van der Waals surface area contributed by atoms with Crippen molar-refractivity contribution in [3.8, 4) is 22.5 Å². The summed E-state index contributed by atoms with van der Waals surface area (Å²) in [6.07, 6.45) is 3.44. The number of aromatic amines is 1. The lowest BCUT2D eigenvalue weighted by atomic mass is 9.98. The van der Waals surface area contributed by atoms with E-state index in [-0.39, 0.29) is 24.0 Å². The molecule has 238 valence electrons. The molecular formula is C30H35ClN8O6. The number of hydrogen-bond donors (Lipinski definition) is 2. The minimum atomic E-state index is -0.824. The average molecular weight is 639 g/mol. The van der Waals surface area contributed by atoms with Gasteiger partial charge in [0.2, 0.25) is 5.82 Å². The number of nitrogens with zero attached hydrogens (tertiary/aromatic N) is 6. The highest BCUT2D eigenvalue weighted by atomic mass is 35.5. The number of unbranched alkanes of at least 4 members (excludes halogenated alkanes) is 2. The van der Waals surface area contributed by atoms with Crippen molar-refractivity contribution in [1.82, 2.24) is 35.5 Å². The smallest absolute Gasteiger partial charge is 0.325 e. The van der Waals surface area contributed by atoms with Crippen molar-refractivity contribution in [2.75, 3.05) is 13.2 Å². The highest BCUT2D eigenvalue weighted by Gasteiger charge is 2.23. The molecule has 1 atom stereocenters. The number of nitrogens with one attached hydrogen (secondary N) is 2. The molecule has 1 unspecified atom stereocenters. The van der Waals surface area contributed by atoms with Gasteiger partial charge in [0.25, 0.3) is 11.0 Å². The van der Waals surface area contributed by atoms with Gasteiger partial charge >= 0.3 is 5.97 Å². The normalized spacial score (nSPS) is 11.6. The molecule has 0 bridgehead atoms. The lowest BCUT2D eigenvalue weighted by Crippen LogP contribution is -2.32. The summed E-state index contributed by atoms with van der Waals surface area (Å²) in [6, 6.07) is 15.7. The number of ether oxygens (including phenoxy) is 1. The predicted octanol–water partition coefficient (Wildman–Crippen LogP) is 4.81. The molecule has 0 aliphatic rings. The Morgan fingerprint density at radius 2 is 1.87 bits per heavy atom. The molecule has 4 aromatic rings. The Hall–Kier alpha value is -4.85. The molecule has 45 heavy (non-hydrogen) atoms. The molecule has 0 aliphatic carbocycles. The maximum absolute atomic E-state index is 13.2. The number of halogens is 1. The van der Waals surface area contributed by atoms with E-state index < -0.39 is 23.1 Å². The molecule has 2 heterocycles. The van der Waals surface area contributed by atoms with E-state index in [1.165, 1.54) is 0 Å². The second-order valence-electron chi connectivity index (χ2n) is 10.4. The summed E-state index contributed by atoms with van der Waals surface area (Å²) in [5.74, 6) is 0.0285. The molecule has 15 heteroatoms. The number of amides is 1. The van der Waals surface area contributed by atoms with Crippen LogP contribution in [0.5, 0.6) is 0 Å². The van der Waals surface area contributed by atoms with Gasteiger partial charge in [0.15, 0.2) is 5.15 Å². The van der Waals surface area contributed by atoms with Crippen LogP contribution in [-0.2, 0) is 27.3 Å². The van der Waals surface area contributed by atoms with Gasteiger partial charge in [-0.25, -0.2) is 4.98 Å². The largest absolute Gasteiger partial charge is 0.464 e. The number of H-pyrrole nitrogens is 1. The third-order valence-electron chi connectivity index (χ3n) is 7.02. The first-order chi connectivity index (χ1) is 21.8. The van der Waals surface area contributed by atoms with Crippen LogP contribution in [0.2, 0.25) is 5.15 Å². The van der Waals surface area contributed by atoms with Crippen molar-refractivity contribution in [3.63, 3.8) is 0 Å². The fourth-order valence-electron chi connectivity index (χ4n) is 4.76. The van der Waals surface area contributed by atoms with E-state index in [2.05, 4.69) is 42.7 Å². The van der Waals surface area contributed by atoms with Crippen molar-refractivity contribution in [3.05, 3.63) is 80.9 Å². The molecule has 0 saturated carbocycles. The van der Waals surface area contributed by atoms with Gasteiger partial charge in [-0.3, -0.25) is 9.59 Å². The Morgan fingerprint density at radius 1 is 1.11 bits per heavy atom. The Balaban J connectivity index is 1.40. The topological polar surface area (TPSA) is 180 Å². The zero-order chi connectivity index (χ0) is 32.2. The summed E-state index contributed by atoms with van der Waals surface area (Å²) >= 11 is 6.47. The summed E-state index contributed by atoms with van der Waals surface area (Å²) in [6.45, 7) is 3.79. The van der Waals surface area contributed by atoms with Crippen LogP contribution >= 0.6 is 11.6 Å². The van der Waals surface area contributed by atoms with Crippen LogP contribution in [0.3, 0.4) is 0 Å². The van der Waals surface area contributed by atoms with Crippen LogP contribution in [-0.4, -0.2) is 66.4 Å². The number of tetrazole rings is 1. The Bertz CT molecular complexity index is 1580. The summed E-state index contributed by atoms with van der Waals surface area (Å²) in [5.41, 5.74) is 3.85. The Kier molecular flexibility index (Phi) is 12.0. The zero-order valence-electron chi connectivity index (χ0n) is 25.1. The number of carbonyl (C=O) groups excluding carboxylic acids is 2. The van der Waals surface area contributed by atoms with Gasteiger partial charge < -0.3 is 19.5 Å². The predicted molar refractivity (Wildman–Crippen MR) is 165 cm³/mol. The summed E-state index contributed by atoms with van der Waals surface area (Å²) in [4.78, 5) is 44.8. The van der Waals surface area contributed by atoms with Crippen LogP contribution in [0.4, 0.5) is 0 Å². The first-order valence-corrected chi connectivity index (χ1v) is 15.1. The van der Waals surface area contributed by atoms with E-state index in [1.807, 2.05) is 48.5 Å². The van der Waals surface area contributed by atoms with E-state index in [9.17, 15) is 19.7 Å². The molecular weight excluding hydrogens is 604 g/mol. The van der Waals surface area contributed by atoms with Crippen molar-refractivity contribution in [2.45, 2.75) is 65.0 Å². The maximum atomic E-state index is 13.2. The standard InChI is InChI=1S/C30H35ClN8O6/c1-3-4-12-25-33-28(31)27(30(41)32-18-26(40)44-17-8-7-9-20(2)45-39(42)43)38(25)19-21-13-15-22(16-14-21)23-10-5-6-11-24(23)29-34-36-37-35-29/h5-6,10-11,13-16,20H,3-4,7-9,12,17-19H2,1-2H3,(H,32,41)(H,34,35,36,37). The van der Waals surface area contributed by atoms with E-state index in [0.717, 1.165) is 35.1 Å². The number of imidazole rings is 1. The minimum absolute atomic E-state index is 0.0590. The number of esters is 1. The van der Waals surface area contributed by atoms with E-state index in [0.29, 0.717) is 43.9 Å². The number of aryl methyl sites for hydroxylation is 1. The molecule has 0 saturated heterocycles. The van der Waals surface area contributed by atoms with Gasteiger partial charge in [-0.1, -0.05) is 73.5 Å². The number of carbonyl (C=O) groups is 2. The van der Waals surface area contributed by atoms with Gasteiger partial charge in [0.1, 0.15) is 24.2 Å². The van der Waals surface area contributed by atoms with Gasteiger partial charge in [-0.2, -0.15) is 5.21 Å². The number of hydrogen-bond acceptors (Lipinski definition) is 10. The maximum Gasteiger partial charge on any atom is 0.325 e. The van der Waals surface area contributed by atoms with Gasteiger partial charge in [-0.15, -0.1) is 20.3 Å². The minimum Gasteiger partial charge on any atom is -0.464 e. The summed E-state index contributed by atoms with van der Waals surface area (Å²) in [7, 11) is 0. The zero-order valence-corrected chi connectivity index (χ0v) is 25.8. The first-order valence-electron chi connectivity index (χ1n) is 14.7. The molecule has 2 aromatic heterocycles. The number of aromatic nitrogens is 6. The average Bonchev–Trinajstić information content (AvgIpc) is 3.67. The lowest BCUT2D eigenvalue weighted by Gasteiger charge is -2.14. The second-order valence-corrected chi connectivity index (χ2v) is 10.7. The molecule has 0 spiro atoms. The Morgan fingerprint density at radius 3 is 2.56 bits per heavy atom. The second kappa shape index (κ2) is 16.3. The monoisotopic (exact) mass is 638 g/mol. The number of rotatable bonds is 17. The highest BCUT2D eigenvalue weighted by molar-refractivity contribution is 6.32. The molecule has 0 radical (unpaired) electrons. The molecule has 2 aromatic carbocycles. The fourth-order valence-corrected chi connectivity index (χ4v) is 5.05. The van der Waals surface area contributed by atoms with Gasteiger partial charge in [0, 0.05) is 18.5 Å². The summed E-state index contributed by atoms with van der Waals surface area (Å²) in [5, 5.41) is 26.6. The van der Waals surface area contributed by atoms with Crippen LogP contribution in [0.15, 0.2) is 48.5 Å². The molecule has 0 fully saturated rings. The molecule has 14 nitrogen and oxygen atoms in total. The van der Waals surface area contributed by atoms with Crippen LogP contribution in [0.1, 0.15) is 67.8 Å². The van der Waals surface area contributed by atoms with Crippen molar-refractivity contribution in [2.24, 2.45) is 0 Å².